The van der Waals surface area contributed by atoms with Gasteiger partial charge in [0, 0.05) is 83.6 Å². The molecule has 3 aliphatic heterocycles. The van der Waals surface area contributed by atoms with Crippen LogP contribution in [0, 0.1) is 17.8 Å². The maximum absolute atomic E-state index is 14.0. The van der Waals surface area contributed by atoms with Crippen molar-refractivity contribution in [1.82, 2.24) is 19.6 Å². The summed E-state index contributed by atoms with van der Waals surface area (Å²) in [5.74, 6) is -0.0397. The number of phenols is 1. The predicted molar refractivity (Wildman–Crippen MR) is 231 cm³/mol. The number of amides is 3. The lowest BCUT2D eigenvalue weighted by molar-refractivity contribution is -0.117. The Labute approximate surface area is 341 Å². The first-order chi connectivity index (χ1) is 26.3. The Kier molecular flexibility index (Phi) is 11.7. The van der Waals surface area contributed by atoms with Crippen LogP contribution in [0.4, 0.5) is 5.69 Å². The molecule has 56 heavy (non-hydrogen) atoms. The fourth-order valence-electron chi connectivity index (χ4n) is 7.72. The minimum absolute atomic E-state index is 0.0215. The molecule has 12 heteroatoms. The summed E-state index contributed by atoms with van der Waals surface area (Å²) in [4.78, 5) is 52.0. The predicted octanol–water partition coefficient (Wildman–Crippen LogP) is 8.10. The van der Waals surface area contributed by atoms with E-state index in [2.05, 4.69) is 56.3 Å². The Morgan fingerprint density at radius 2 is 1.55 bits per heavy atom. The van der Waals surface area contributed by atoms with Gasteiger partial charge in [0.25, 0.3) is 11.8 Å². The second-order valence-corrected chi connectivity index (χ2v) is 20.1. The summed E-state index contributed by atoms with van der Waals surface area (Å²) in [5, 5.41) is 12.4. The molecular weight excluding hydrogens is 743 g/mol. The van der Waals surface area contributed by atoms with E-state index in [1.165, 1.54) is 4.90 Å². The van der Waals surface area contributed by atoms with Gasteiger partial charge in [-0.1, -0.05) is 75.9 Å². The summed E-state index contributed by atoms with van der Waals surface area (Å²) < 4.78 is 6.81. The lowest BCUT2D eigenvalue weighted by atomic mass is 9.71. The lowest BCUT2D eigenvalue weighted by Crippen LogP contribution is -2.63. The van der Waals surface area contributed by atoms with Crippen molar-refractivity contribution in [1.29, 1.82) is 0 Å². The molecule has 0 bridgehead atoms. The van der Waals surface area contributed by atoms with Gasteiger partial charge in [0.1, 0.15) is 4.32 Å². The number of likely N-dealkylation sites (tertiary alicyclic amines) is 1. The summed E-state index contributed by atoms with van der Waals surface area (Å²) in [6, 6.07) is 14.7. The number of aryl methyl sites for hydroxylation is 1. The van der Waals surface area contributed by atoms with Crippen molar-refractivity contribution in [3.05, 3.63) is 65.2 Å². The summed E-state index contributed by atoms with van der Waals surface area (Å²) in [7, 11) is 0. The SMILES string of the molecule is Cc1cc(O)c(OCC(C)(C)C(C)(C)SC(=S)N2CCN(CC(C)(C)C(C)(C)N3C(=O)c4cccc5cccc(c45)C3=O)CC2)cc1N=CC1CCCN1C=O. The Bertz CT molecular complexity index is 2000. The van der Waals surface area contributed by atoms with Gasteiger partial charge in [-0.05, 0) is 76.6 Å². The number of aromatic hydroxyl groups is 1. The average molecular weight is 800 g/mol. The highest BCUT2D eigenvalue weighted by molar-refractivity contribution is 8.23. The highest BCUT2D eigenvalue weighted by Crippen LogP contribution is 2.45. The summed E-state index contributed by atoms with van der Waals surface area (Å²) in [6.07, 6.45) is 4.54. The quantitative estimate of drug-likeness (QED) is 0.0843. The Morgan fingerprint density at radius 1 is 0.929 bits per heavy atom. The van der Waals surface area contributed by atoms with Crippen LogP contribution in [0.3, 0.4) is 0 Å². The molecule has 3 heterocycles. The Balaban J connectivity index is 1.04. The van der Waals surface area contributed by atoms with Crippen molar-refractivity contribution in [2.45, 2.75) is 91.5 Å². The van der Waals surface area contributed by atoms with Gasteiger partial charge in [0.05, 0.1) is 23.9 Å². The first-order valence-corrected chi connectivity index (χ1v) is 20.8. The number of nitrogens with zero attached hydrogens (tertiary/aromatic N) is 5. The van der Waals surface area contributed by atoms with E-state index in [1.54, 1.807) is 28.8 Å². The number of hydrogen-bond acceptors (Lipinski definition) is 9. The van der Waals surface area contributed by atoms with Crippen molar-refractivity contribution in [2.24, 2.45) is 15.8 Å². The molecule has 1 atom stereocenters. The van der Waals surface area contributed by atoms with Gasteiger partial charge in [0.15, 0.2) is 11.5 Å². The molecule has 0 radical (unpaired) electrons. The first kappa shape index (κ1) is 41.6. The molecule has 0 spiro atoms. The number of ether oxygens (including phenoxy) is 1. The van der Waals surface area contributed by atoms with E-state index in [9.17, 15) is 19.5 Å². The average Bonchev–Trinajstić information content (AvgIpc) is 3.60. The third-order valence-corrected chi connectivity index (χ3v) is 14.9. The molecule has 2 saturated heterocycles. The van der Waals surface area contributed by atoms with Gasteiger partial charge in [0.2, 0.25) is 6.41 Å². The number of piperazine rings is 1. The zero-order valence-corrected chi connectivity index (χ0v) is 36.0. The van der Waals surface area contributed by atoms with E-state index < -0.39 is 11.0 Å². The molecule has 1 N–H and O–H groups in total. The number of hydrogen-bond donors (Lipinski definition) is 1. The number of imide groups is 1. The molecule has 6 rings (SSSR count). The van der Waals surface area contributed by atoms with Crippen LogP contribution in [0.5, 0.6) is 11.5 Å². The number of phenolic OH excluding ortho intramolecular Hbond substituents is 1. The molecule has 0 aromatic heterocycles. The zero-order chi connectivity index (χ0) is 40.8. The van der Waals surface area contributed by atoms with E-state index in [4.69, 9.17) is 17.0 Å². The number of aliphatic imine (C=N–C) groups is 1. The highest BCUT2D eigenvalue weighted by atomic mass is 32.2. The molecule has 3 amide bonds. The van der Waals surface area contributed by atoms with Gasteiger partial charge in [-0.3, -0.25) is 29.2 Å². The molecule has 0 saturated carbocycles. The lowest BCUT2D eigenvalue weighted by Gasteiger charge is -2.51. The van der Waals surface area contributed by atoms with Crippen LogP contribution in [0.1, 0.15) is 94.5 Å². The minimum Gasteiger partial charge on any atom is -0.504 e. The molecule has 3 aromatic carbocycles. The molecule has 1 unspecified atom stereocenters. The largest absolute Gasteiger partial charge is 0.504 e. The molecule has 3 aromatic rings. The number of carbonyl (C=O) groups excluding carboxylic acids is 3. The fraction of sp³-hybridized carbons (Fsp3) is 0.523. The van der Waals surface area contributed by atoms with Crippen LogP contribution >= 0.6 is 24.0 Å². The smallest absolute Gasteiger partial charge is 0.261 e. The highest BCUT2D eigenvalue weighted by Gasteiger charge is 2.50. The molecular formula is C44H57N5O5S2. The van der Waals surface area contributed by atoms with Crippen LogP contribution in [-0.4, -0.2) is 116 Å². The number of carbonyl (C=O) groups is 3. The van der Waals surface area contributed by atoms with Crippen LogP contribution in [0.2, 0.25) is 0 Å². The topological polar surface area (TPSA) is 106 Å². The van der Waals surface area contributed by atoms with Crippen molar-refractivity contribution in [2.75, 3.05) is 45.9 Å². The van der Waals surface area contributed by atoms with Gasteiger partial charge in [-0.25, -0.2) is 0 Å². The van der Waals surface area contributed by atoms with Crippen LogP contribution in [0.15, 0.2) is 53.5 Å². The van der Waals surface area contributed by atoms with Crippen LogP contribution in [0.25, 0.3) is 10.8 Å². The molecule has 10 nitrogen and oxygen atoms in total. The standard InChI is InChI=1S/C44H57N5O5S2/c1-29-23-35(51)36(24-34(29)45-25-31-15-12-18-48(31)28-50)54-27-42(4,5)44(8,9)56-40(55)47-21-19-46(20-22-47)26-41(2,3)43(6,7)49-38(52)32-16-10-13-30-14-11-17-33(37(30)32)39(49)53/h10-11,13-14,16-17,23-25,28,31,51H,12,15,18-22,26-27H2,1-9H3. The normalized spacial score (nSPS) is 18.7. The third-order valence-electron chi connectivity index (χ3n) is 12.9. The fourth-order valence-corrected chi connectivity index (χ4v) is 9.61. The number of thiocarbonyl (C=S) groups is 1. The van der Waals surface area contributed by atoms with Crippen molar-refractivity contribution >= 4 is 69.2 Å². The summed E-state index contributed by atoms with van der Waals surface area (Å²) in [6.45, 7) is 23.9. The van der Waals surface area contributed by atoms with Gasteiger partial charge in [-0.2, -0.15) is 0 Å². The minimum atomic E-state index is -0.768. The Morgan fingerprint density at radius 3 is 2.16 bits per heavy atom. The van der Waals surface area contributed by atoms with E-state index in [0.717, 1.165) is 72.6 Å². The molecule has 0 aliphatic carbocycles. The van der Waals surface area contributed by atoms with Gasteiger partial charge in [-0.15, -0.1) is 0 Å². The number of benzene rings is 3. The maximum Gasteiger partial charge on any atom is 0.261 e. The van der Waals surface area contributed by atoms with E-state index in [1.807, 2.05) is 63.4 Å². The van der Waals surface area contributed by atoms with E-state index >= 15 is 0 Å². The monoisotopic (exact) mass is 799 g/mol. The van der Waals surface area contributed by atoms with E-state index in [-0.39, 0.29) is 33.8 Å². The Hall–Kier alpha value is -4.00. The molecule has 300 valence electrons. The van der Waals surface area contributed by atoms with Crippen molar-refractivity contribution < 1.29 is 24.2 Å². The number of thioether (sulfide) groups is 1. The van der Waals surface area contributed by atoms with Crippen LogP contribution < -0.4 is 4.74 Å². The molecule has 2 fully saturated rings. The second kappa shape index (κ2) is 15.7. The van der Waals surface area contributed by atoms with Crippen molar-refractivity contribution in [3.8, 4) is 11.5 Å². The van der Waals surface area contributed by atoms with Crippen LogP contribution in [-0.2, 0) is 4.79 Å². The summed E-state index contributed by atoms with van der Waals surface area (Å²) >= 11 is 7.73. The third kappa shape index (κ3) is 7.94. The second-order valence-electron chi connectivity index (χ2n) is 17.8. The van der Waals surface area contributed by atoms with Gasteiger partial charge < -0.3 is 19.6 Å². The van der Waals surface area contributed by atoms with Gasteiger partial charge >= 0.3 is 0 Å². The summed E-state index contributed by atoms with van der Waals surface area (Å²) in [5.41, 5.74) is 1.15. The zero-order valence-electron chi connectivity index (χ0n) is 34.3. The van der Waals surface area contributed by atoms with E-state index in [0.29, 0.717) is 35.7 Å². The number of rotatable bonds is 12. The molecule has 3 aliphatic rings. The first-order valence-electron chi connectivity index (χ1n) is 19.6. The maximum atomic E-state index is 14.0. The van der Waals surface area contributed by atoms with Crippen molar-refractivity contribution in [3.63, 3.8) is 0 Å².